The second kappa shape index (κ2) is 14.0. The number of benzene rings is 2. The van der Waals surface area contributed by atoms with Crippen LogP contribution in [0.5, 0.6) is 5.75 Å². The number of unbranched alkanes of at least 4 members (excludes halogenated alkanes) is 6. The van der Waals surface area contributed by atoms with Crippen molar-refractivity contribution in [2.45, 2.75) is 78.1 Å². The molecule has 0 saturated heterocycles. The van der Waals surface area contributed by atoms with Crippen molar-refractivity contribution in [2.75, 3.05) is 0 Å². The zero-order valence-corrected chi connectivity index (χ0v) is 20.9. The second-order valence-electron chi connectivity index (χ2n) is 8.95. The maximum atomic E-state index is 12.7. The van der Waals surface area contributed by atoms with Crippen molar-refractivity contribution >= 4 is 5.97 Å². The zero-order valence-electron chi connectivity index (χ0n) is 20.9. The summed E-state index contributed by atoms with van der Waals surface area (Å²) in [6.45, 7) is 4.38. The third kappa shape index (κ3) is 8.03. The largest absolute Gasteiger partial charge is 0.422 e. The number of rotatable bonds is 13. The van der Waals surface area contributed by atoms with Crippen LogP contribution in [0.15, 0.2) is 54.9 Å². The molecule has 0 aliphatic carbocycles. The summed E-state index contributed by atoms with van der Waals surface area (Å²) in [5.74, 6) is 0.422. The van der Waals surface area contributed by atoms with E-state index in [2.05, 4.69) is 29.9 Å². The van der Waals surface area contributed by atoms with Crippen LogP contribution in [0, 0.1) is 11.3 Å². The van der Waals surface area contributed by atoms with Crippen molar-refractivity contribution < 1.29 is 9.53 Å². The van der Waals surface area contributed by atoms with Crippen molar-refractivity contribution in [3.8, 4) is 23.2 Å². The van der Waals surface area contributed by atoms with E-state index in [1.807, 2.05) is 36.7 Å². The number of ether oxygens (including phenoxy) is 1. The molecule has 3 aromatic rings. The third-order valence-electron chi connectivity index (χ3n) is 6.09. The molecule has 2 aromatic carbocycles. The van der Waals surface area contributed by atoms with E-state index in [9.17, 15) is 10.1 Å². The molecule has 3 rings (SSSR count). The van der Waals surface area contributed by atoms with Crippen molar-refractivity contribution in [1.82, 2.24) is 9.97 Å². The first kappa shape index (κ1) is 26.1. The second-order valence-corrected chi connectivity index (χ2v) is 8.95. The fourth-order valence-corrected chi connectivity index (χ4v) is 3.97. The van der Waals surface area contributed by atoms with Gasteiger partial charge in [-0.2, -0.15) is 5.26 Å². The molecule has 0 fully saturated rings. The summed E-state index contributed by atoms with van der Waals surface area (Å²) >= 11 is 0. The number of esters is 1. The molecule has 0 aliphatic rings. The Morgan fingerprint density at radius 2 is 1.46 bits per heavy atom. The molecule has 1 heterocycles. The van der Waals surface area contributed by atoms with Crippen LogP contribution in [0.4, 0.5) is 0 Å². The van der Waals surface area contributed by atoms with E-state index in [0.29, 0.717) is 17.0 Å². The molecule has 5 heteroatoms. The van der Waals surface area contributed by atoms with E-state index >= 15 is 0 Å². The van der Waals surface area contributed by atoms with Gasteiger partial charge in [-0.15, -0.1) is 0 Å². The van der Waals surface area contributed by atoms with E-state index in [4.69, 9.17) is 4.74 Å². The van der Waals surface area contributed by atoms with Gasteiger partial charge in [0.05, 0.1) is 11.1 Å². The van der Waals surface area contributed by atoms with Gasteiger partial charge >= 0.3 is 5.97 Å². The van der Waals surface area contributed by atoms with Crippen LogP contribution in [0.2, 0.25) is 0 Å². The highest BCUT2D eigenvalue weighted by Gasteiger charge is 2.13. The minimum absolute atomic E-state index is 0.287. The van der Waals surface area contributed by atoms with Gasteiger partial charge in [-0.25, -0.2) is 14.8 Å². The molecule has 0 atom stereocenters. The van der Waals surface area contributed by atoms with Gasteiger partial charge in [0.2, 0.25) is 0 Å². The highest BCUT2D eigenvalue weighted by atomic mass is 16.5. The molecule has 0 N–H and O–H groups in total. The van der Waals surface area contributed by atoms with Crippen molar-refractivity contribution in [3.63, 3.8) is 0 Å². The normalized spacial score (nSPS) is 10.7. The summed E-state index contributed by atoms with van der Waals surface area (Å²) in [7, 11) is 0. The Bertz CT molecular complexity index is 1120. The van der Waals surface area contributed by atoms with E-state index in [1.165, 1.54) is 25.7 Å². The molecule has 1 aromatic heterocycles. The van der Waals surface area contributed by atoms with E-state index in [1.54, 1.807) is 18.2 Å². The quantitative estimate of drug-likeness (QED) is 0.147. The summed E-state index contributed by atoms with van der Waals surface area (Å²) in [4.78, 5) is 21.7. The van der Waals surface area contributed by atoms with E-state index in [-0.39, 0.29) is 5.75 Å². The third-order valence-corrected chi connectivity index (χ3v) is 6.09. The summed E-state index contributed by atoms with van der Waals surface area (Å²) in [6.07, 6.45) is 15.3. The van der Waals surface area contributed by atoms with E-state index < -0.39 is 5.97 Å². The lowest BCUT2D eigenvalue weighted by molar-refractivity contribution is 0.0734. The van der Waals surface area contributed by atoms with Gasteiger partial charge in [0.25, 0.3) is 0 Å². The Hall–Kier alpha value is -3.52. The molecular weight excluding hydrogens is 434 g/mol. The Kier molecular flexibility index (Phi) is 10.4. The first-order valence-electron chi connectivity index (χ1n) is 12.8. The summed E-state index contributed by atoms with van der Waals surface area (Å²) in [5.41, 5.74) is 3.86. The number of carbonyl (C=O) groups excluding carboxylic acids is 1. The number of aryl methyl sites for hydroxylation is 2. The molecule has 0 amide bonds. The number of carbonyl (C=O) groups is 1. The van der Waals surface area contributed by atoms with Crippen LogP contribution in [0.25, 0.3) is 11.4 Å². The predicted molar refractivity (Wildman–Crippen MR) is 139 cm³/mol. The first-order chi connectivity index (χ1) is 17.1. The number of aromatic nitrogens is 2. The van der Waals surface area contributed by atoms with Gasteiger partial charge in [0.15, 0.2) is 5.82 Å². The van der Waals surface area contributed by atoms with Gasteiger partial charge in [-0.3, -0.25) is 0 Å². The standard InChI is InChI=1S/C30H35N3O2/c1-3-5-7-8-10-12-24-21-32-29(33-22-24)25-14-16-26(17-15-25)30(34)35-28-18-13-23(11-9-6-4-2)19-27(28)20-31/h13-19,21-22H,3-12H2,1-2H3. The maximum absolute atomic E-state index is 12.7. The fraction of sp³-hybridized carbons (Fsp3) is 0.400. The van der Waals surface area contributed by atoms with Crippen LogP contribution >= 0.6 is 0 Å². The summed E-state index contributed by atoms with van der Waals surface area (Å²) in [6, 6.07) is 14.6. The molecule has 0 aliphatic heterocycles. The average Bonchev–Trinajstić information content (AvgIpc) is 2.90. The monoisotopic (exact) mass is 469 g/mol. The maximum Gasteiger partial charge on any atom is 0.343 e. The molecular formula is C30H35N3O2. The predicted octanol–water partition coefficient (Wildman–Crippen LogP) is 7.48. The summed E-state index contributed by atoms with van der Waals surface area (Å²) < 4.78 is 5.53. The Labute approximate surface area is 209 Å². The van der Waals surface area contributed by atoms with Gasteiger partial charge in [-0.05, 0) is 61.1 Å². The number of nitriles is 1. The minimum Gasteiger partial charge on any atom is -0.422 e. The van der Waals surface area contributed by atoms with Gasteiger partial charge in [-0.1, -0.05) is 70.6 Å². The first-order valence-corrected chi connectivity index (χ1v) is 12.8. The Morgan fingerprint density at radius 3 is 2.14 bits per heavy atom. The lowest BCUT2D eigenvalue weighted by Gasteiger charge is -2.09. The minimum atomic E-state index is -0.494. The smallest absolute Gasteiger partial charge is 0.343 e. The highest BCUT2D eigenvalue weighted by Crippen LogP contribution is 2.23. The van der Waals surface area contributed by atoms with Gasteiger partial charge < -0.3 is 4.74 Å². The van der Waals surface area contributed by atoms with Crippen LogP contribution in [-0.2, 0) is 12.8 Å². The zero-order chi connectivity index (χ0) is 24.9. The van der Waals surface area contributed by atoms with Crippen LogP contribution < -0.4 is 4.74 Å². The molecule has 0 radical (unpaired) electrons. The van der Waals surface area contributed by atoms with Crippen LogP contribution in [0.3, 0.4) is 0 Å². The summed E-state index contributed by atoms with van der Waals surface area (Å²) in [5, 5.41) is 9.51. The van der Waals surface area contributed by atoms with Crippen LogP contribution in [-0.4, -0.2) is 15.9 Å². The topological polar surface area (TPSA) is 75.9 Å². The Balaban J connectivity index is 1.58. The van der Waals surface area contributed by atoms with Crippen molar-refractivity contribution in [3.05, 3.63) is 77.1 Å². The van der Waals surface area contributed by atoms with Crippen molar-refractivity contribution in [1.29, 1.82) is 5.26 Å². The number of hydrogen-bond donors (Lipinski definition) is 0. The van der Waals surface area contributed by atoms with Gasteiger partial charge in [0.1, 0.15) is 11.8 Å². The SMILES string of the molecule is CCCCCCCc1cnc(-c2ccc(C(=O)Oc3ccc(CCCCC)cc3C#N)cc2)nc1. The molecule has 0 saturated carbocycles. The number of nitrogens with zero attached hydrogens (tertiary/aromatic N) is 3. The molecule has 0 unspecified atom stereocenters. The molecule has 5 nitrogen and oxygen atoms in total. The fourth-order valence-electron chi connectivity index (χ4n) is 3.97. The van der Waals surface area contributed by atoms with E-state index in [0.717, 1.165) is 55.2 Å². The highest BCUT2D eigenvalue weighted by molar-refractivity contribution is 5.91. The number of hydrogen-bond acceptors (Lipinski definition) is 5. The molecule has 0 bridgehead atoms. The van der Waals surface area contributed by atoms with Crippen LogP contribution in [0.1, 0.15) is 92.3 Å². The molecule has 35 heavy (non-hydrogen) atoms. The lowest BCUT2D eigenvalue weighted by Crippen LogP contribution is -2.09. The average molecular weight is 470 g/mol. The van der Waals surface area contributed by atoms with Gasteiger partial charge in [0, 0.05) is 18.0 Å². The van der Waals surface area contributed by atoms with Crippen molar-refractivity contribution in [2.24, 2.45) is 0 Å². The molecule has 182 valence electrons. The molecule has 0 spiro atoms. The lowest BCUT2D eigenvalue weighted by atomic mass is 10.0. The Morgan fingerprint density at radius 1 is 0.829 bits per heavy atom.